The Morgan fingerprint density at radius 1 is 1.17 bits per heavy atom. The van der Waals surface area contributed by atoms with E-state index in [9.17, 15) is 9.18 Å². The minimum absolute atomic E-state index is 0.0830. The Kier molecular flexibility index (Phi) is 6.51. The molecule has 1 fully saturated rings. The van der Waals surface area contributed by atoms with Gasteiger partial charge in [-0.05, 0) is 29.8 Å². The highest BCUT2D eigenvalue weighted by atomic mass is 19.1. The van der Waals surface area contributed by atoms with Crippen LogP contribution < -0.4 is 5.32 Å². The summed E-state index contributed by atoms with van der Waals surface area (Å²) in [5, 5.41) is 2.92. The molecule has 1 aliphatic heterocycles. The molecule has 0 spiro atoms. The monoisotopic (exact) mass is 409 g/mol. The lowest BCUT2D eigenvalue weighted by Gasteiger charge is -2.33. The van der Waals surface area contributed by atoms with Crippen molar-refractivity contribution >= 4 is 5.91 Å². The van der Waals surface area contributed by atoms with Gasteiger partial charge in [0.2, 0.25) is 11.8 Å². The van der Waals surface area contributed by atoms with Crippen molar-refractivity contribution in [3.05, 3.63) is 77.9 Å². The van der Waals surface area contributed by atoms with E-state index in [0.29, 0.717) is 31.3 Å². The minimum Gasteiger partial charge on any atom is -0.444 e. The molecule has 0 bridgehead atoms. The molecule has 4 rings (SSSR count). The van der Waals surface area contributed by atoms with E-state index in [1.165, 1.54) is 18.4 Å². The number of morpholine rings is 1. The largest absolute Gasteiger partial charge is 0.444 e. The van der Waals surface area contributed by atoms with Gasteiger partial charge in [-0.3, -0.25) is 9.69 Å². The molecule has 1 N–H and O–H groups in total. The van der Waals surface area contributed by atoms with Crippen LogP contribution in [0.1, 0.15) is 11.3 Å². The summed E-state index contributed by atoms with van der Waals surface area (Å²) in [6.45, 7) is 3.28. The van der Waals surface area contributed by atoms with Crippen LogP contribution in [0.3, 0.4) is 0 Å². The first-order chi connectivity index (χ1) is 14.7. The van der Waals surface area contributed by atoms with E-state index in [1.807, 2.05) is 30.3 Å². The van der Waals surface area contributed by atoms with Gasteiger partial charge in [0.25, 0.3) is 0 Å². The van der Waals surface area contributed by atoms with Crippen molar-refractivity contribution in [3.8, 4) is 11.5 Å². The standard InChI is InChI=1S/C23H24FN3O3/c24-19-8-6-17(7-9-19)14-27-10-11-29-21(15-27)13-25-22(28)12-20-16-30-23(26-20)18-4-2-1-3-5-18/h1-9,16,21H,10-15H2,(H,25,28)/t21-/m0/s1. The minimum atomic E-state index is -0.232. The first kappa shape index (κ1) is 20.3. The molecular formula is C23H24FN3O3. The summed E-state index contributed by atoms with van der Waals surface area (Å²) in [7, 11) is 0. The number of carbonyl (C=O) groups excluding carboxylic acids is 1. The number of halogens is 1. The van der Waals surface area contributed by atoms with Gasteiger partial charge in [0.05, 0.1) is 24.8 Å². The topological polar surface area (TPSA) is 67.6 Å². The van der Waals surface area contributed by atoms with Gasteiger partial charge in [0.15, 0.2) is 0 Å². The van der Waals surface area contributed by atoms with Crippen LogP contribution in [0.2, 0.25) is 0 Å². The lowest BCUT2D eigenvalue weighted by atomic mass is 10.2. The van der Waals surface area contributed by atoms with Crippen LogP contribution in [-0.4, -0.2) is 48.1 Å². The van der Waals surface area contributed by atoms with Crippen LogP contribution in [0.4, 0.5) is 4.39 Å². The third-order valence-electron chi connectivity index (χ3n) is 4.98. The van der Waals surface area contributed by atoms with Crippen molar-refractivity contribution < 1.29 is 18.3 Å². The summed E-state index contributed by atoms with van der Waals surface area (Å²) >= 11 is 0. The number of benzene rings is 2. The van der Waals surface area contributed by atoms with E-state index >= 15 is 0 Å². The molecule has 1 aromatic heterocycles. The quantitative estimate of drug-likeness (QED) is 0.650. The zero-order valence-corrected chi connectivity index (χ0v) is 16.6. The Morgan fingerprint density at radius 3 is 2.77 bits per heavy atom. The Morgan fingerprint density at radius 2 is 1.97 bits per heavy atom. The Hall–Kier alpha value is -3.03. The number of oxazole rings is 1. The van der Waals surface area contributed by atoms with Gasteiger partial charge in [-0.25, -0.2) is 9.37 Å². The summed E-state index contributed by atoms with van der Waals surface area (Å²) in [6, 6.07) is 16.1. The second-order valence-electron chi connectivity index (χ2n) is 7.35. The maximum atomic E-state index is 13.1. The molecule has 30 heavy (non-hydrogen) atoms. The highest BCUT2D eigenvalue weighted by Gasteiger charge is 2.21. The SMILES string of the molecule is O=C(Cc1coc(-c2ccccc2)n1)NC[C@H]1CN(Cc2ccc(F)cc2)CCO1. The van der Waals surface area contributed by atoms with E-state index in [2.05, 4.69) is 15.2 Å². The average molecular weight is 409 g/mol. The van der Waals surface area contributed by atoms with E-state index in [0.717, 1.165) is 24.2 Å². The summed E-state index contributed by atoms with van der Waals surface area (Å²) in [6.07, 6.45) is 1.59. The van der Waals surface area contributed by atoms with Gasteiger partial charge < -0.3 is 14.5 Å². The third kappa shape index (κ3) is 5.52. The second-order valence-corrected chi connectivity index (χ2v) is 7.35. The van der Waals surface area contributed by atoms with E-state index in [1.54, 1.807) is 12.1 Å². The van der Waals surface area contributed by atoms with Crippen molar-refractivity contribution in [2.45, 2.75) is 19.1 Å². The molecule has 2 heterocycles. The maximum absolute atomic E-state index is 13.1. The Bertz CT molecular complexity index is 959. The normalized spacial score (nSPS) is 17.0. The lowest BCUT2D eigenvalue weighted by Crippen LogP contribution is -2.47. The van der Waals surface area contributed by atoms with E-state index < -0.39 is 0 Å². The molecule has 6 nitrogen and oxygen atoms in total. The van der Waals surface area contributed by atoms with Crippen LogP contribution in [0.15, 0.2) is 65.3 Å². The van der Waals surface area contributed by atoms with Gasteiger partial charge in [-0.1, -0.05) is 30.3 Å². The van der Waals surface area contributed by atoms with Gasteiger partial charge in [-0.15, -0.1) is 0 Å². The first-order valence-corrected chi connectivity index (χ1v) is 10.0. The molecule has 1 saturated heterocycles. The molecule has 1 amide bonds. The second kappa shape index (κ2) is 9.65. The zero-order chi connectivity index (χ0) is 20.8. The molecule has 7 heteroatoms. The Labute approximate surface area is 174 Å². The van der Waals surface area contributed by atoms with Crippen molar-refractivity contribution in [3.63, 3.8) is 0 Å². The molecule has 2 aromatic carbocycles. The lowest BCUT2D eigenvalue weighted by molar-refractivity contribution is -0.121. The summed E-state index contributed by atoms with van der Waals surface area (Å²) in [4.78, 5) is 18.9. The fourth-order valence-electron chi connectivity index (χ4n) is 3.45. The first-order valence-electron chi connectivity index (χ1n) is 10.0. The average Bonchev–Trinajstić information content (AvgIpc) is 3.23. The number of nitrogens with zero attached hydrogens (tertiary/aromatic N) is 2. The molecule has 3 aromatic rings. The molecule has 0 radical (unpaired) electrons. The molecule has 0 saturated carbocycles. The number of ether oxygens (including phenoxy) is 1. The van der Waals surface area contributed by atoms with Crippen molar-refractivity contribution in [2.24, 2.45) is 0 Å². The van der Waals surface area contributed by atoms with Crippen LogP contribution >= 0.6 is 0 Å². The number of amides is 1. The summed E-state index contributed by atoms with van der Waals surface area (Å²) in [5.41, 5.74) is 2.52. The number of rotatable bonds is 7. The molecule has 156 valence electrons. The number of hydrogen-bond acceptors (Lipinski definition) is 5. The van der Waals surface area contributed by atoms with Gasteiger partial charge in [0.1, 0.15) is 12.1 Å². The highest BCUT2D eigenvalue weighted by molar-refractivity contribution is 5.78. The zero-order valence-electron chi connectivity index (χ0n) is 16.6. The molecule has 0 aliphatic carbocycles. The van der Waals surface area contributed by atoms with Gasteiger partial charge in [-0.2, -0.15) is 0 Å². The Balaban J connectivity index is 1.23. The molecule has 0 unspecified atom stereocenters. The predicted molar refractivity (Wildman–Crippen MR) is 110 cm³/mol. The van der Waals surface area contributed by atoms with Crippen LogP contribution in [-0.2, 0) is 22.5 Å². The number of nitrogens with one attached hydrogen (secondary N) is 1. The fraction of sp³-hybridized carbons (Fsp3) is 0.304. The summed E-state index contributed by atoms with van der Waals surface area (Å²) < 4.78 is 24.3. The van der Waals surface area contributed by atoms with Crippen molar-refractivity contribution in [1.29, 1.82) is 0 Å². The van der Waals surface area contributed by atoms with Gasteiger partial charge in [0, 0.05) is 31.7 Å². The van der Waals surface area contributed by atoms with Crippen molar-refractivity contribution in [2.75, 3.05) is 26.2 Å². The van der Waals surface area contributed by atoms with Crippen LogP contribution in [0, 0.1) is 5.82 Å². The predicted octanol–water partition coefficient (Wildman–Crippen LogP) is 3.04. The van der Waals surface area contributed by atoms with Crippen LogP contribution in [0.25, 0.3) is 11.5 Å². The molecule has 1 aliphatic rings. The van der Waals surface area contributed by atoms with Crippen LogP contribution in [0.5, 0.6) is 0 Å². The van der Waals surface area contributed by atoms with E-state index in [4.69, 9.17) is 9.15 Å². The number of carbonyl (C=O) groups is 1. The molecule has 1 atom stereocenters. The smallest absolute Gasteiger partial charge is 0.226 e. The number of hydrogen-bond donors (Lipinski definition) is 1. The van der Waals surface area contributed by atoms with Crippen molar-refractivity contribution in [1.82, 2.24) is 15.2 Å². The third-order valence-corrected chi connectivity index (χ3v) is 4.98. The summed E-state index contributed by atoms with van der Waals surface area (Å²) in [5.74, 6) is 0.150. The molecular weight excluding hydrogens is 385 g/mol. The van der Waals surface area contributed by atoms with E-state index in [-0.39, 0.29) is 24.2 Å². The number of aromatic nitrogens is 1. The maximum Gasteiger partial charge on any atom is 0.226 e. The fourth-order valence-corrected chi connectivity index (χ4v) is 3.45. The highest BCUT2D eigenvalue weighted by Crippen LogP contribution is 2.18. The van der Waals surface area contributed by atoms with Gasteiger partial charge >= 0.3 is 0 Å².